The predicted molar refractivity (Wildman–Crippen MR) is 75.2 cm³/mol. The maximum absolute atomic E-state index is 13.7. The summed E-state index contributed by atoms with van der Waals surface area (Å²) in [5, 5.41) is 3.81. The lowest BCUT2D eigenvalue weighted by Crippen LogP contribution is -2.00. The first-order valence-corrected chi connectivity index (χ1v) is 6.16. The minimum absolute atomic E-state index is 0.163. The van der Waals surface area contributed by atoms with Gasteiger partial charge in [0.15, 0.2) is 0 Å². The Morgan fingerprint density at radius 2 is 1.80 bits per heavy atom. The molecule has 0 saturated carbocycles. The number of benzene rings is 2. The van der Waals surface area contributed by atoms with Crippen LogP contribution in [0.3, 0.4) is 0 Å². The molecule has 0 spiro atoms. The third kappa shape index (κ3) is 3.54. The van der Waals surface area contributed by atoms with Gasteiger partial charge in [0.25, 0.3) is 0 Å². The summed E-state index contributed by atoms with van der Waals surface area (Å²) in [6, 6.07) is 11.4. The lowest BCUT2D eigenvalue weighted by Gasteiger charge is -2.05. The molecular formula is C15H14F2N2O. The molecule has 1 N–H and O–H groups in total. The summed E-state index contributed by atoms with van der Waals surface area (Å²) in [6.07, 6.45) is 1.10. The fraction of sp³-hybridized carbons (Fsp3) is 0.133. The topological polar surface area (TPSA) is 33.6 Å². The van der Waals surface area contributed by atoms with Crippen LogP contribution in [0.1, 0.15) is 12.5 Å². The van der Waals surface area contributed by atoms with Crippen molar-refractivity contribution in [3.8, 4) is 5.75 Å². The molecular weight excluding hydrogens is 262 g/mol. The average Bonchev–Trinajstić information content (AvgIpc) is 2.43. The Bertz CT molecular complexity index is 577. The minimum Gasteiger partial charge on any atom is -0.494 e. The second kappa shape index (κ2) is 6.65. The van der Waals surface area contributed by atoms with Gasteiger partial charge in [0.2, 0.25) is 0 Å². The predicted octanol–water partition coefficient (Wildman–Crippen LogP) is 3.81. The van der Waals surface area contributed by atoms with E-state index in [0.29, 0.717) is 6.61 Å². The molecule has 2 aromatic rings. The number of rotatable bonds is 5. The summed E-state index contributed by atoms with van der Waals surface area (Å²) >= 11 is 0. The largest absolute Gasteiger partial charge is 0.494 e. The smallest absolute Gasteiger partial charge is 0.138 e. The maximum atomic E-state index is 13.7. The Kier molecular flexibility index (Phi) is 4.65. The Hall–Kier alpha value is -2.43. The fourth-order valence-electron chi connectivity index (χ4n) is 1.62. The van der Waals surface area contributed by atoms with Crippen LogP contribution in [-0.4, -0.2) is 12.8 Å². The molecule has 0 aliphatic carbocycles. The molecule has 5 heteroatoms. The Morgan fingerprint density at radius 3 is 2.40 bits per heavy atom. The first-order chi connectivity index (χ1) is 9.70. The second-order valence-electron chi connectivity index (χ2n) is 3.97. The molecule has 0 bridgehead atoms. The van der Waals surface area contributed by atoms with Crippen LogP contribution in [0, 0.1) is 11.6 Å². The molecule has 3 nitrogen and oxygen atoms in total. The quantitative estimate of drug-likeness (QED) is 0.665. The van der Waals surface area contributed by atoms with Crippen molar-refractivity contribution in [2.45, 2.75) is 6.92 Å². The first kappa shape index (κ1) is 14.0. The standard InChI is InChI=1S/C15H14F2N2O/c1-2-20-12-8-14(16)13(15(17)9-12)10-18-19-11-6-4-3-5-7-11/h3-10,19H,2H2,1H3. The van der Waals surface area contributed by atoms with Crippen molar-refractivity contribution in [2.24, 2.45) is 5.10 Å². The molecule has 0 fully saturated rings. The molecule has 0 atom stereocenters. The van der Waals surface area contributed by atoms with E-state index in [-0.39, 0.29) is 11.3 Å². The van der Waals surface area contributed by atoms with Crippen molar-refractivity contribution in [1.29, 1.82) is 0 Å². The molecule has 2 rings (SSSR count). The highest BCUT2D eigenvalue weighted by Gasteiger charge is 2.09. The zero-order valence-electron chi connectivity index (χ0n) is 10.9. The third-order valence-electron chi connectivity index (χ3n) is 2.52. The number of para-hydroxylation sites is 1. The molecule has 0 saturated heterocycles. The zero-order chi connectivity index (χ0) is 14.4. The average molecular weight is 276 g/mol. The Morgan fingerprint density at radius 1 is 1.15 bits per heavy atom. The lowest BCUT2D eigenvalue weighted by molar-refractivity contribution is 0.336. The number of nitrogens with one attached hydrogen (secondary N) is 1. The SMILES string of the molecule is CCOc1cc(F)c(C=NNc2ccccc2)c(F)c1. The van der Waals surface area contributed by atoms with Crippen LogP contribution >= 0.6 is 0 Å². The second-order valence-corrected chi connectivity index (χ2v) is 3.97. The van der Waals surface area contributed by atoms with Crippen LogP contribution in [0.25, 0.3) is 0 Å². The van der Waals surface area contributed by atoms with E-state index in [2.05, 4.69) is 10.5 Å². The van der Waals surface area contributed by atoms with Crippen molar-refractivity contribution < 1.29 is 13.5 Å². The Labute approximate surface area is 115 Å². The number of nitrogens with zero attached hydrogens (tertiary/aromatic N) is 1. The highest BCUT2D eigenvalue weighted by molar-refractivity contribution is 5.81. The minimum atomic E-state index is -0.716. The molecule has 0 unspecified atom stereocenters. The van der Waals surface area contributed by atoms with Crippen molar-refractivity contribution >= 4 is 11.9 Å². The molecule has 0 radical (unpaired) electrons. The maximum Gasteiger partial charge on any atom is 0.138 e. The van der Waals surface area contributed by atoms with E-state index in [4.69, 9.17) is 4.74 Å². The first-order valence-electron chi connectivity index (χ1n) is 6.16. The van der Waals surface area contributed by atoms with Gasteiger partial charge in [-0.1, -0.05) is 18.2 Å². The van der Waals surface area contributed by atoms with Crippen LogP contribution in [-0.2, 0) is 0 Å². The van der Waals surface area contributed by atoms with Gasteiger partial charge in [0.1, 0.15) is 17.4 Å². The third-order valence-corrected chi connectivity index (χ3v) is 2.52. The molecule has 20 heavy (non-hydrogen) atoms. The number of hydrogen-bond acceptors (Lipinski definition) is 3. The van der Waals surface area contributed by atoms with Gasteiger partial charge in [0, 0.05) is 12.1 Å². The summed E-state index contributed by atoms with van der Waals surface area (Å²) < 4.78 is 32.5. The molecule has 0 amide bonds. The Balaban J connectivity index is 2.13. The van der Waals surface area contributed by atoms with Gasteiger partial charge in [-0.2, -0.15) is 5.10 Å². The van der Waals surface area contributed by atoms with E-state index in [1.165, 1.54) is 0 Å². The normalized spacial score (nSPS) is 10.8. The van der Waals surface area contributed by atoms with E-state index in [1.807, 2.05) is 18.2 Å². The van der Waals surface area contributed by atoms with E-state index in [1.54, 1.807) is 19.1 Å². The van der Waals surface area contributed by atoms with Crippen molar-refractivity contribution in [3.05, 3.63) is 59.7 Å². The molecule has 0 aliphatic heterocycles. The highest BCUT2D eigenvalue weighted by atomic mass is 19.1. The number of hydrazone groups is 1. The number of halogens is 2. The number of hydrogen-bond donors (Lipinski definition) is 1. The van der Waals surface area contributed by atoms with E-state index < -0.39 is 11.6 Å². The summed E-state index contributed by atoms with van der Waals surface area (Å²) in [5.41, 5.74) is 3.21. The van der Waals surface area contributed by atoms with Crippen LogP contribution < -0.4 is 10.2 Å². The van der Waals surface area contributed by atoms with E-state index in [9.17, 15) is 8.78 Å². The summed E-state index contributed by atoms with van der Waals surface area (Å²) in [4.78, 5) is 0. The molecule has 0 aromatic heterocycles. The van der Waals surface area contributed by atoms with Crippen LogP contribution in [0.4, 0.5) is 14.5 Å². The van der Waals surface area contributed by atoms with E-state index in [0.717, 1.165) is 24.0 Å². The van der Waals surface area contributed by atoms with Crippen molar-refractivity contribution in [1.82, 2.24) is 0 Å². The summed E-state index contributed by atoms with van der Waals surface area (Å²) in [5.74, 6) is -1.27. The summed E-state index contributed by atoms with van der Waals surface area (Å²) in [6.45, 7) is 2.09. The lowest BCUT2D eigenvalue weighted by atomic mass is 10.2. The molecule has 0 aliphatic rings. The fourth-order valence-corrected chi connectivity index (χ4v) is 1.62. The highest BCUT2D eigenvalue weighted by Crippen LogP contribution is 2.19. The number of ether oxygens (including phenoxy) is 1. The van der Waals surface area contributed by atoms with Gasteiger partial charge in [0.05, 0.1) is 24.1 Å². The van der Waals surface area contributed by atoms with Gasteiger partial charge >= 0.3 is 0 Å². The van der Waals surface area contributed by atoms with Crippen LogP contribution in [0.5, 0.6) is 5.75 Å². The van der Waals surface area contributed by atoms with E-state index >= 15 is 0 Å². The summed E-state index contributed by atoms with van der Waals surface area (Å²) in [7, 11) is 0. The molecule has 2 aromatic carbocycles. The van der Waals surface area contributed by atoms with Crippen LogP contribution in [0.2, 0.25) is 0 Å². The van der Waals surface area contributed by atoms with Gasteiger partial charge in [-0.25, -0.2) is 8.78 Å². The molecule has 0 heterocycles. The van der Waals surface area contributed by atoms with Crippen LogP contribution in [0.15, 0.2) is 47.6 Å². The van der Waals surface area contributed by atoms with Gasteiger partial charge in [-0.3, -0.25) is 5.43 Å². The number of anilines is 1. The van der Waals surface area contributed by atoms with Gasteiger partial charge in [-0.05, 0) is 19.1 Å². The van der Waals surface area contributed by atoms with Crippen molar-refractivity contribution in [2.75, 3.05) is 12.0 Å². The van der Waals surface area contributed by atoms with Crippen molar-refractivity contribution in [3.63, 3.8) is 0 Å². The van der Waals surface area contributed by atoms with Gasteiger partial charge in [-0.15, -0.1) is 0 Å². The monoisotopic (exact) mass is 276 g/mol. The molecule has 104 valence electrons. The van der Waals surface area contributed by atoms with Gasteiger partial charge < -0.3 is 4.74 Å². The zero-order valence-corrected chi connectivity index (χ0v) is 10.9.